The molecule has 1 amide bonds. The molecule has 0 radical (unpaired) electrons. The Kier molecular flexibility index (Phi) is 9.21. The number of nitrogens with zero attached hydrogens (tertiary/aromatic N) is 4. The maximum atomic E-state index is 14.4. The average Bonchev–Trinajstić information content (AvgIpc) is 2.73. The Morgan fingerprint density at radius 2 is 2.03 bits per heavy atom. The van der Waals surface area contributed by atoms with Gasteiger partial charge >= 0.3 is 0 Å². The van der Waals surface area contributed by atoms with Crippen LogP contribution >= 0.6 is 11.6 Å². The van der Waals surface area contributed by atoms with Crippen LogP contribution in [0.5, 0.6) is 0 Å². The van der Waals surface area contributed by atoms with Gasteiger partial charge in [0.15, 0.2) is 0 Å². The van der Waals surface area contributed by atoms with E-state index in [1.165, 1.54) is 6.20 Å². The van der Waals surface area contributed by atoms with Crippen molar-refractivity contribution in [3.05, 3.63) is 69.1 Å². The van der Waals surface area contributed by atoms with Crippen LogP contribution in [0.25, 0.3) is 10.4 Å². The predicted octanol–water partition coefficient (Wildman–Crippen LogP) is 4.18. The van der Waals surface area contributed by atoms with E-state index in [1.54, 1.807) is 24.3 Å². The normalized spacial score (nSPS) is 13.9. The molecule has 1 aromatic carbocycles. The number of rotatable bonds is 10. The quantitative estimate of drug-likeness (QED) is 0.285. The molecule has 10 heteroatoms. The van der Waals surface area contributed by atoms with Gasteiger partial charge in [-0.15, -0.1) is 0 Å². The summed E-state index contributed by atoms with van der Waals surface area (Å²) >= 11 is 5.97. The lowest BCUT2D eigenvalue weighted by Gasteiger charge is -2.27. The lowest BCUT2D eigenvalue weighted by atomic mass is 9.82. The predicted molar refractivity (Wildman–Crippen MR) is 118 cm³/mol. The first-order chi connectivity index (χ1) is 14.8. The van der Waals surface area contributed by atoms with Crippen molar-refractivity contribution in [2.75, 3.05) is 11.9 Å². The van der Waals surface area contributed by atoms with Crippen molar-refractivity contribution >= 4 is 23.2 Å². The Labute approximate surface area is 185 Å². The third kappa shape index (κ3) is 6.63. The fourth-order valence-electron chi connectivity index (χ4n) is 3.41. The number of benzene rings is 1. The number of carbonyl (C=O) groups excluding carboxylic acids is 1. The number of aliphatic hydroxyl groups excluding tert-OH is 1. The van der Waals surface area contributed by atoms with Crippen LogP contribution in [0.2, 0.25) is 5.02 Å². The SMILES string of the molecule is CC(C)[C@H](c1ccc(Cl)cc1)[C@H](N=[N+]=[N-])C(=O)Nc1cncc(F)c1CC[C@H](N)CO. The van der Waals surface area contributed by atoms with Crippen molar-refractivity contribution in [2.24, 2.45) is 16.8 Å². The smallest absolute Gasteiger partial charge is 0.234 e. The van der Waals surface area contributed by atoms with E-state index in [0.717, 1.165) is 11.8 Å². The highest BCUT2D eigenvalue weighted by atomic mass is 35.5. The first kappa shape index (κ1) is 24.6. The summed E-state index contributed by atoms with van der Waals surface area (Å²) in [4.78, 5) is 19.8. The lowest BCUT2D eigenvalue weighted by Crippen LogP contribution is -2.34. The minimum Gasteiger partial charge on any atom is -0.395 e. The molecule has 0 saturated carbocycles. The second kappa shape index (κ2) is 11.6. The van der Waals surface area contributed by atoms with Crippen molar-refractivity contribution in [1.29, 1.82) is 0 Å². The van der Waals surface area contributed by atoms with Gasteiger partial charge in [0.25, 0.3) is 0 Å². The zero-order valence-corrected chi connectivity index (χ0v) is 18.1. The van der Waals surface area contributed by atoms with Crippen LogP contribution < -0.4 is 11.1 Å². The molecule has 1 aromatic heterocycles. The zero-order chi connectivity index (χ0) is 23.0. The van der Waals surface area contributed by atoms with E-state index in [2.05, 4.69) is 20.3 Å². The van der Waals surface area contributed by atoms with Gasteiger partial charge in [0.05, 0.1) is 24.7 Å². The number of pyridine rings is 1. The van der Waals surface area contributed by atoms with Crippen molar-refractivity contribution in [1.82, 2.24) is 4.98 Å². The molecule has 4 N–H and O–H groups in total. The van der Waals surface area contributed by atoms with E-state index in [-0.39, 0.29) is 30.2 Å². The van der Waals surface area contributed by atoms with E-state index in [1.807, 2.05) is 13.8 Å². The Morgan fingerprint density at radius 1 is 1.35 bits per heavy atom. The van der Waals surface area contributed by atoms with E-state index < -0.39 is 29.7 Å². The number of nitrogens with two attached hydrogens (primary N) is 1. The standard InChI is InChI=1S/C21H26ClFN6O2/c1-12(2)19(13-3-5-14(22)6-4-13)20(28-29-25)21(31)27-18-10-26-9-17(23)16(18)8-7-15(24)11-30/h3-6,9-10,12,15,19-20,30H,7-8,11,24H2,1-2H3,(H,27,31)/t15-,19+,20-/m0/s1. The Bertz CT molecular complexity index is 934. The number of aliphatic hydroxyl groups is 1. The molecule has 3 atom stereocenters. The van der Waals surface area contributed by atoms with Gasteiger partial charge < -0.3 is 16.2 Å². The molecule has 1 heterocycles. The Balaban J connectivity index is 2.35. The highest BCUT2D eigenvalue weighted by Crippen LogP contribution is 2.32. The van der Waals surface area contributed by atoms with Gasteiger partial charge in [-0.1, -0.05) is 42.7 Å². The maximum Gasteiger partial charge on any atom is 0.234 e. The minimum atomic E-state index is -1.08. The first-order valence-electron chi connectivity index (χ1n) is 9.87. The molecule has 31 heavy (non-hydrogen) atoms. The molecule has 166 valence electrons. The molecule has 0 aliphatic carbocycles. The second-order valence-electron chi connectivity index (χ2n) is 7.59. The van der Waals surface area contributed by atoms with Crippen LogP contribution in [0.4, 0.5) is 10.1 Å². The highest BCUT2D eigenvalue weighted by Gasteiger charge is 2.32. The van der Waals surface area contributed by atoms with Gasteiger partial charge in [-0.05, 0) is 42.0 Å². The number of anilines is 1. The second-order valence-corrected chi connectivity index (χ2v) is 8.03. The maximum absolute atomic E-state index is 14.4. The molecule has 8 nitrogen and oxygen atoms in total. The molecule has 0 bridgehead atoms. The lowest BCUT2D eigenvalue weighted by molar-refractivity contribution is -0.118. The number of nitrogens with one attached hydrogen (secondary N) is 1. The van der Waals surface area contributed by atoms with Crippen LogP contribution in [0.1, 0.15) is 37.3 Å². The molecule has 0 aliphatic rings. The molecule has 0 spiro atoms. The third-order valence-corrected chi connectivity index (χ3v) is 5.27. The third-order valence-electron chi connectivity index (χ3n) is 5.02. The molecule has 0 unspecified atom stereocenters. The first-order valence-corrected chi connectivity index (χ1v) is 10.3. The van der Waals surface area contributed by atoms with Gasteiger partial charge in [-0.25, -0.2) is 4.39 Å². The summed E-state index contributed by atoms with van der Waals surface area (Å²) in [5.74, 6) is -1.65. The number of hydrogen-bond acceptors (Lipinski definition) is 5. The number of halogens is 2. The molecule has 0 aliphatic heterocycles. The highest BCUT2D eigenvalue weighted by molar-refractivity contribution is 6.30. The van der Waals surface area contributed by atoms with E-state index in [4.69, 9.17) is 28.0 Å². The van der Waals surface area contributed by atoms with Crippen LogP contribution in [0, 0.1) is 11.7 Å². The molecule has 0 fully saturated rings. The summed E-state index contributed by atoms with van der Waals surface area (Å²) in [6, 6.07) is 5.38. The van der Waals surface area contributed by atoms with Crippen molar-refractivity contribution in [3.63, 3.8) is 0 Å². The molecular formula is C21H26ClFN6O2. The molecule has 2 rings (SSSR count). The van der Waals surface area contributed by atoms with E-state index in [0.29, 0.717) is 11.4 Å². The number of carbonyl (C=O) groups is 1. The average molecular weight is 449 g/mol. The van der Waals surface area contributed by atoms with Gasteiger partial charge in [0.2, 0.25) is 5.91 Å². The van der Waals surface area contributed by atoms with Crippen molar-refractivity contribution in [2.45, 2.75) is 44.7 Å². The summed E-state index contributed by atoms with van der Waals surface area (Å²) in [5, 5.41) is 16.1. The number of amides is 1. The fraction of sp³-hybridized carbons (Fsp3) is 0.429. The van der Waals surface area contributed by atoms with Crippen molar-refractivity contribution < 1.29 is 14.3 Å². The monoisotopic (exact) mass is 448 g/mol. The Hall–Kier alpha value is -2.71. The van der Waals surface area contributed by atoms with Crippen molar-refractivity contribution in [3.8, 4) is 0 Å². The number of aromatic nitrogens is 1. The van der Waals surface area contributed by atoms with E-state index >= 15 is 0 Å². The summed E-state index contributed by atoms with van der Waals surface area (Å²) in [6.07, 6.45) is 2.90. The number of hydrogen-bond donors (Lipinski definition) is 3. The topological polar surface area (TPSA) is 137 Å². The fourth-order valence-corrected chi connectivity index (χ4v) is 3.54. The van der Waals surface area contributed by atoms with E-state index in [9.17, 15) is 9.18 Å². The van der Waals surface area contributed by atoms with Crippen LogP contribution in [-0.4, -0.2) is 34.7 Å². The van der Waals surface area contributed by atoms with Gasteiger partial charge in [-0.3, -0.25) is 9.78 Å². The summed E-state index contributed by atoms with van der Waals surface area (Å²) in [7, 11) is 0. The zero-order valence-electron chi connectivity index (χ0n) is 17.4. The van der Waals surface area contributed by atoms with Crippen LogP contribution in [0.15, 0.2) is 41.8 Å². The number of azide groups is 1. The Morgan fingerprint density at radius 3 is 2.61 bits per heavy atom. The minimum absolute atomic E-state index is 0.0462. The summed E-state index contributed by atoms with van der Waals surface area (Å²) in [6.45, 7) is 3.60. The van der Waals surface area contributed by atoms with Crippen LogP contribution in [-0.2, 0) is 11.2 Å². The van der Waals surface area contributed by atoms with Gasteiger partial charge in [0, 0.05) is 27.5 Å². The molecular weight excluding hydrogens is 423 g/mol. The van der Waals surface area contributed by atoms with Crippen LogP contribution in [0.3, 0.4) is 0 Å². The van der Waals surface area contributed by atoms with Gasteiger partial charge in [-0.2, -0.15) is 0 Å². The molecule has 2 aromatic rings. The summed E-state index contributed by atoms with van der Waals surface area (Å²) < 4.78 is 14.4. The largest absolute Gasteiger partial charge is 0.395 e. The van der Waals surface area contributed by atoms with Gasteiger partial charge in [0.1, 0.15) is 11.9 Å². The molecule has 0 saturated heterocycles. The summed E-state index contributed by atoms with van der Waals surface area (Å²) in [5.41, 5.74) is 16.0.